The standard InChI is InChI=1S/C15H19NO3S/c1-3-4-9-19-14-7-5-13-11-15(20(17,18)16-2)8-6-12(13)10-14/h5-8,10-11,16H,3-4,9H2,1-2H3. The molecule has 4 nitrogen and oxygen atoms in total. The Hall–Kier alpha value is -1.59. The van der Waals surface area contributed by atoms with E-state index in [1.165, 1.54) is 7.05 Å². The maximum atomic E-state index is 11.8. The van der Waals surface area contributed by atoms with Crippen LogP contribution in [0.2, 0.25) is 0 Å². The molecule has 0 fully saturated rings. The van der Waals surface area contributed by atoms with Crippen LogP contribution in [0.15, 0.2) is 41.3 Å². The van der Waals surface area contributed by atoms with E-state index in [0.717, 1.165) is 29.4 Å². The van der Waals surface area contributed by atoms with Crippen LogP contribution in [0.4, 0.5) is 0 Å². The van der Waals surface area contributed by atoms with Gasteiger partial charge in [0.2, 0.25) is 10.0 Å². The third-order valence-electron chi connectivity index (χ3n) is 3.13. The minimum atomic E-state index is -3.40. The fraction of sp³-hybridized carbons (Fsp3) is 0.333. The SMILES string of the molecule is CCCCOc1ccc2cc(S(=O)(=O)NC)ccc2c1. The van der Waals surface area contributed by atoms with Crippen molar-refractivity contribution in [2.45, 2.75) is 24.7 Å². The monoisotopic (exact) mass is 293 g/mol. The average molecular weight is 293 g/mol. The summed E-state index contributed by atoms with van der Waals surface area (Å²) < 4.78 is 31.5. The molecule has 0 atom stereocenters. The second-order valence-electron chi connectivity index (χ2n) is 4.58. The molecule has 0 aromatic heterocycles. The van der Waals surface area contributed by atoms with E-state index in [-0.39, 0.29) is 4.90 Å². The van der Waals surface area contributed by atoms with E-state index in [2.05, 4.69) is 11.6 Å². The fourth-order valence-electron chi connectivity index (χ4n) is 1.91. The Kier molecular flexibility index (Phi) is 4.62. The van der Waals surface area contributed by atoms with Crippen molar-refractivity contribution in [3.63, 3.8) is 0 Å². The summed E-state index contributed by atoms with van der Waals surface area (Å²) in [5.41, 5.74) is 0. The molecular weight excluding hydrogens is 274 g/mol. The summed E-state index contributed by atoms with van der Waals surface area (Å²) in [5.74, 6) is 0.815. The topological polar surface area (TPSA) is 55.4 Å². The number of nitrogens with one attached hydrogen (secondary N) is 1. The predicted molar refractivity (Wildman–Crippen MR) is 80.6 cm³/mol. The zero-order valence-electron chi connectivity index (χ0n) is 11.7. The van der Waals surface area contributed by atoms with Crippen molar-refractivity contribution in [2.75, 3.05) is 13.7 Å². The summed E-state index contributed by atoms with van der Waals surface area (Å²) in [6.45, 7) is 2.82. The molecule has 0 aliphatic carbocycles. The number of ether oxygens (including phenoxy) is 1. The van der Waals surface area contributed by atoms with Gasteiger partial charge in [-0.15, -0.1) is 0 Å². The van der Waals surface area contributed by atoms with Crippen LogP contribution >= 0.6 is 0 Å². The van der Waals surface area contributed by atoms with Gasteiger partial charge in [-0.2, -0.15) is 0 Å². The van der Waals surface area contributed by atoms with Crippen LogP contribution in [0, 0.1) is 0 Å². The number of rotatable bonds is 6. The van der Waals surface area contributed by atoms with Gasteiger partial charge < -0.3 is 4.74 Å². The molecule has 0 bridgehead atoms. The molecule has 2 aromatic rings. The summed E-state index contributed by atoms with van der Waals surface area (Å²) >= 11 is 0. The number of unbranched alkanes of at least 4 members (excludes halogenated alkanes) is 1. The van der Waals surface area contributed by atoms with E-state index in [9.17, 15) is 8.42 Å². The van der Waals surface area contributed by atoms with E-state index in [4.69, 9.17) is 4.74 Å². The van der Waals surface area contributed by atoms with Gasteiger partial charge in [-0.1, -0.05) is 25.5 Å². The summed E-state index contributed by atoms with van der Waals surface area (Å²) in [6, 6.07) is 10.7. The third kappa shape index (κ3) is 3.29. The average Bonchev–Trinajstić information content (AvgIpc) is 2.47. The van der Waals surface area contributed by atoms with Crippen LogP contribution in [0.5, 0.6) is 5.75 Å². The summed E-state index contributed by atoms with van der Waals surface area (Å²) in [7, 11) is -1.99. The molecule has 108 valence electrons. The number of sulfonamides is 1. The molecule has 0 saturated heterocycles. The lowest BCUT2D eigenvalue weighted by atomic mass is 10.1. The Morgan fingerprint density at radius 1 is 1.10 bits per heavy atom. The fourth-order valence-corrected chi connectivity index (χ4v) is 2.68. The highest BCUT2D eigenvalue weighted by atomic mass is 32.2. The van der Waals surface area contributed by atoms with Crippen molar-refractivity contribution in [1.29, 1.82) is 0 Å². The lowest BCUT2D eigenvalue weighted by Crippen LogP contribution is -2.18. The first-order valence-corrected chi connectivity index (χ1v) is 8.15. The number of hydrogen-bond donors (Lipinski definition) is 1. The third-order valence-corrected chi connectivity index (χ3v) is 4.54. The van der Waals surface area contributed by atoms with Gasteiger partial charge in [-0.05, 0) is 48.5 Å². The van der Waals surface area contributed by atoms with Crippen LogP contribution in [0.1, 0.15) is 19.8 Å². The molecule has 0 heterocycles. The van der Waals surface area contributed by atoms with Gasteiger partial charge in [0.15, 0.2) is 0 Å². The first kappa shape index (κ1) is 14.8. The van der Waals surface area contributed by atoms with Gasteiger partial charge in [-0.25, -0.2) is 13.1 Å². The van der Waals surface area contributed by atoms with Crippen LogP contribution in [-0.4, -0.2) is 22.1 Å². The number of benzene rings is 2. The highest BCUT2D eigenvalue weighted by Gasteiger charge is 2.11. The van der Waals surface area contributed by atoms with Crippen LogP contribution in [0.3, 0.4) is 0 Å². The molecule has 2 aromatic carbocycles. The molecule has 0 amide bonds. The molecule has 0 spiro atoms. The van der Waals surface area contributed by atoms with Crippen molar-refractivity contribution in [3.05, 3.63) is 36.4 Å². The van der Waals surface area contributed by atoms with Gasteiger partial charge >= 0.3 is 0 Å². The van der Waals surface area contributed by atoms with E-state index >= 15 is 0 Å². The molecule has 0 aliphatic rings. The Morgan fingerprint density at radius 3 is 2.50 bits per heavy atom. The maximum absolute atomic E-state index is 11.8. The summed E-state index contributed by atoms with van der Waals surface area (Å²) in [6.07, 6.45) is 2.12. The Bertz CT molecular complexity index is 695. The Morgan fingerprint density at radius 2 is 1.80 bits per heavy atom. The number of fused-ring (bicyclic) bond motifs is 1. The zero-order valence-corrected chi connectivity index (χ0v) is 12.5. The first-order chi connectivity index (χ1) is 9.56. The second-order valence-corrected chi connectivity index (χ2v) is 6.47. The largest absolute Gasteiger partial charge is 0.494 e. The Labute approximate surface area is 119 Å². The van der Waals surface area contributed by atoms with Crippen LogP contribution in [-0.2, 0) is 10.0 Å². The maximum Gasteiger partial charge on any atom is 0.240 e. The normalized spacial score (nSPS) is 11.7. The lowest BCUT2D eigenvalue weighted by Gasteiger charge is -2.08. The van der Waals surface area contributed by atoms with Gasteiger partial charge in [-0.3, -0.25) is 0 Å². The second kappa shape index (κ2) is 6.24. The van der Waals surface area contributed by atoms with Crippen molar-refractivity contribution >= 4 is 20.8 Å². The van der Waals surface area contributed by atoms with Crippen LogP contribution < -0.4 is 9.46 Å². The van der Waals surface area contributed by atoms with E-state index in [1.807, 2.05) is 18.2 Å². The predicted octanol–water partition coefficient (Wildman–Crippen LogP) is 2.93. The molecule has 0 aliphatic heterocycles. The minimum absolute atomic E-state index is 0.271. The minimum Gasteiger partial charge on any atom is -0.494 e. The smallest absolute Gasteiger partial charge is 0.240 e. The van der Waals surface area contributed by atoms with Crippen molar-refractivity contribution < 1.29 is 13.2 Å². The highest BCUT2D eigenvalue weighted by Crippen LogP contribution is 2.23. The van der Waals surface area contributed by atoms with Gasteiger partial charge in [0.05, 0.1) is 11.5 Å². The molecule has 20 heavy (non-hydrogen) atoms. The molecule has 0 unspecified atom stereocenters. The molecule has 0 saturated carbocycles. The Balaban J connectivity index is 2.30. The molecule has 1 N–H and O–H groups in total. The zero-order chi connectivity index (χ0) is 14.6. The number of hydrogen-bond acceptors (Lipinski definition) is 3. The van der Waals surface area contributed by atoms with Crippen LogP contribution in [0.25, 0.3) is 10.8 Å². The first-order valence-electron chi connectivity index (χ1n) is 6.67. The van der Waals surface area contributed by atoms with Gasteiger partial charge in [0.25, 0.3) is 0 Å². The highest BCUT2D eigenvalue weighted by molar-refractivity contribution is 7.89. The molecule has 0 radical (unpaired) electrons. The van der Waals surface area contributed by atoms with Crippen molar-refractivity contribution in [1.82, 2.24) is 4.72 Å². The van der Waals surface area contributed by atoms with E-state index in [1.54, 1.807) is 18.2 Å². The lowest BCUT2D eigenvalue weighted by molar-refractivity contribution is 0.310. The van der Waals surface area contributed by atoms with E-state index in [0.29, 0.717) is 6.61 Å². The summed E-state index contributed by atoms with van der Waals surface area (Å²) in [5, 5.41) is 1.85. The van der Waals surface area contributed by atoms with Crippen molar-refractivity contribution in [3.8, 4) is 5.75 Å². The molecular formula is C15H19NO3S. The van der Waals surface area contributed by atoms with Gasteiger partial charge in [0.1, 0.15) is 5.75 Å². The van der Waals surface area contributed by atoms with E-state index < -0.39 is 10.0 Å². The molecule has 2 rings (SSSR count). The van der Waals surface area contributed by atoms with Gasteiger partial charge in [0, 0.05) is 0 Å². The molecule has 5 heteroatoms. The summed E-state index contributed by atoms with van der Waals surface area (Å²) in [4.78, 5) is 0.271. The quantitative estimate of drug-likeness (QED) is 0.833. The van der Waals surface area contributed by atoms with Crippen molar-refractivity contribution in [2.24, 2.45) is 0 Å².